The third kappa shape index (κ3) is 4.91. The molecule has 0 spiro atoms. The van der Waals surface area contributed by atoms with Gasteiger partial charge < -0.3 is 20.5 Å². The van der Waals surface area contributed by atoms with Gasteiger partial charge in [0, 0.05) is 37.3 Å². The standard InChI is InChI=1S/C23H28N6O2S2/c1-13-8-9-16-17(10-13)33-22(19(16)20(24)31)25-18(30)12-32-23-27-26-21(29(23)4)14-6-5-7-15(11-14)28(2)3/h5-7,11,13H,8-10,12H2,1-4H3,(H2,24,31)(H,25,30). The fourth-order valence-electron chi connectivity index (χ4n) is 4.01. The molecule has 0 aliphatic heterocycles. The molecule has 2 aromatic heterocycles. The van der Waals surface area contributed by atoms with E-state index in [1.54, 1.807) is 0 Å². The first-order chi connectivity index (χ1) is 15.7. The van der Waals surface area contributed by atoms with Crippen molar-refractivity contribution in [3.8, 4) is 11.4 Å². The van der Waals surface area contributed by atoms with Crippen molar-refractivity contribution in [2.45, 2.75) is 31.3 Å². The number of nitrogens with two attached hydrogens (primary N) is 1. The number of rotatable bonds is 7. The predicted octanol–water partition coefficient (Wildman–Crippen LogP) is 3.56. The molecule has 0 bridgehead atoms. The molecule has 0 radical (unpaired) electrons. The first kappa shape index (κ1) is 23.3. The zero-order chi connectivity index (χ0) is 23.7. The van der Waals surface area contributed by atoms with E-state index >= 15 is 0 Å². The van der Waals surface area contributed by atoms with E-state index < -0.39 is 5.91 Å². The van der Waals surface area contributed by atoms with Gasteiger partial charge in [-0.05, 0) is 42.9 Å². The number of primary amides is 1. The molecule has 0 saturated heterocycles. The maximum atomic E-state index is 12.7. The molecule has 2 heterocycles. The Morgan fingerprint density at radius 1 is 1.33 bits per heavy atom. The maximum absolute atomic E-state index is 12.7. The molecule has 1 aromatic carbocycles. The molecular formula is C23H28N6O2S2. The Morgan fingerprint density at radius 2 is 2.12 bits per heavy atom. The quantitative estimate of drug-likeness (QED) is 0.497. The van der Waals surface area contributed by atoms with Crippen LogP contribution in [0.2, 0.25) is 0 Å². The minimum atomic E-state index is -0.483. The third-order valence-corrected chi connectivity index (χ3v) is 7.99. The number of nitrogens with zero attached hydrogens (tertiary/aromatic N) is 4. The number of aromatic nitrogens is 3. The summed E-state index contributed by atoms with van der Waals surface area (Å²) in [5, 5.41) is 12.7. The normalized spacial score (nSPS) is 15.2. The fraction of sp³-hybridized carbons (Fsp3) is 0.391. The second kappa shape index (κ2) is 9.56. The van der Waals surface area contributed by atoms with Crippen molar-refractivity contribution in [3.05, 3.63) is 40.3 Å². The molecular weight excluding hydrogens is 456 g/mol. The Hall–Kier alpha value is -2.85. The maximum Gasteiger partial charge on any atom is 0.251 e. The van der Waals surface area contributed by atoms with E-state index in [4.69, 9.17) is 5.73 Å². The lowest BCUT2D eigenvalue weighted by Gasteiger charge is -2.18. The summed E-state index contributed by atoms with van der Waals surface area (Å²) in [6.07, 6.45) is 2.77. The molecule has 3 aromatic rings. The van der Waals surface area contributed by atoms with Gasteiger partial charge in [-0.2, -0.15) is 0 Å². The second-order valence-corrected chi connectivity index (χ2v) is 10.6. The molecule has 1 atom stereocenters. The van der Waals surface area contributed by atoms with Crippen LogP contribution < -0.4 is 16.0 Å². The van der Waals surface area contributed by atoms with Crippen molar-refractivity contribution in [3.63, 3.8) is 0 Å². The van der Waals surface area contributed by atoms with Gasteiger partial charge in [0.15, 0.2) is 11.0 Å². The van der Waals surface area contributed by atoms with Crippen LogP contribution in [0.25, 0.3) is 11.4 Å². The van der Waals surface area contributed by atoms with Crippen LogP contribution in [0, 0.1) is 5.92 Å². The van der Waals surface area contributed by atoms with E-state index in [1.165, 1.54) is 23.1 Å². The summed E-state index contributed by atoms with van der Waals surface area (Å²) in [6, 6.07) is 8.06. The average Bonchev–Trinajstić information content (AvgIpc) is 3.31. The number of hydrogen-bond acceptors (Lipinski definition) is 7. The van der Waals surface area contributed by atoms with Crippen LogP contribution in [0.3, 0.4) is 0 Å². The molecule has 1 unspecified atom stereocenters. The highest BCUT2D eigenvalue weighted by molar-refractivity contribution is 7.99. The number of benzene rings is 1. The van der Waals surface area contributed by atoms with Crippen LogP contribution in [-0.4, -0.2) is 46.4 Å². The van der Waals surface area contributed by atoms with E-state index in [2.05, 4.69) is 28.5 Å². The molecule has 8 nitrogen and oxygen atoms in total. The van der Waals surface area contributed by atoms with E-state index in [0.29, 0.717) is 21.6 Å². The summed E-state index contributed by atoms with van der Waals surface area (Å²) in [6.45, 7) is 2.20. The summed E-state index contributed by atoms with van der Waals surface area (Å²) in [7, 11) is 5.87. The van der Waals surface area contributed by atoms with Crippen LogP contribution in [0.4, 0.5) is 10.7 Å². The van der Waals surface area contributed by atoms with Gasteiger partial charge in [0.2, 0.25) is 5.91 Å². The van der Waals surface area contributed by atoms with E-state index in [-0.39, 0.29) is 11.7 Å². The van der Waals surface area contributed by atoms with Gasteiger partial charge in [-0.15, -0.1) is 21.5 Å². The molecule has 0 saturated carbocycles. The van der Waals surface area contributed by atoms with Gasteiger partial charge >= 0.3 is 0 Å². The van der Waals surface area contributed by atoms with Gasteiger partial charge in [0.1, 0.15) is 5.00 Å². The summed E-state index contributed by atoms with van der Waals surface area (Å²) >= 11 is 2.78. The number of amides is 2. The van der Waals surface area contributed by atoms with Crippen molar-refractivity contribution in [1.82, 2.24) is 14.8 Å². The Bertz CT molecular complexity index is 1200. The summed E-state index contributed by atoms with van der Waals surface area (Å²) in [5.41, 5.74) is 9.16. The highest BCUT2D eigenvalue weighted by Gasteiger charge is 2.27. The zero-order valence-corrected chi connectivity index (χ0v) is 20.8. The smallest absolute Gasteiger partial charge is 0.251 e. The summed E-state index contributed by atoms with van der Waals surface area (Å²) < 4.78 is 1.88. The van der Waals surface area contributed by atoms with Crippen LogP contribution in [0.5, 0.6) is 0 Å². The van der Waals surface area contributed by atoms with Gasteiger partial charge in [0.25, 0.3) is 5.91 Å². The van der Waals surface area contributed by atoms with E-state index in [9.17, 15) is 9.59 Å². The van der Waals surface area contributed by atoms with Crippen LogP contribution >= 0.6 is 23.1 Å². The number of thiophene rings is 1. The molecule has 10 heteroatoms. The first-order valence-corrected chi connectivity index (χ1v) is 12.6. The summed E-state index contributed by atoms with van der Waals surface area (Å²) in [5.74, 6) is 0.773. The highest BCUT2D eigenvalue weighted by Crippen LogP contribution is 2.39. The SMILES string of the molecule is CC1CCc2c(sc(NC(=O)CSc3nnc(-c4cccc(N(C)C)c4)n3C)c2C(N)=O)C1. The lowest BCUT2D eigenvalue weighted by Crippen LogP contribution is -2.20. The number of thioether (sulfide) groups is 1. The number of anilines is 2. The van der Waals surface area contributed by atoms with Crippen LogP contribution in [0.1, 0.15) is 34.1 Å². The molecule has 174 valence electrons. The number of carbonyl (C=O) groups is 2. The minimum Gasteiger partial charge on any atom is -0.378 e. The molecule has 4 rings (SSSR count). The van der Waals surface area contributed by atoms with Crippen molar-refractivity contribution < 1.29 is 9.59 Å². The largest absolute Gasteiger partial charge is 0.378 e. The Morgan fingerprint density at radius 3 is 2.85 bits per heavy atom. The lowest BCUT2D eigenvalue weighted by molar-refractivity contribution is -0.113. The van der Waals surface area contributed by atoms with Crippen LogP contribution in [0.15, 0.2) is 29.4 Å². The number of fused-ring (bicyclic) bond motifs is 1. The van der Waals surface area contributed by atoms with Crippen molar-refractivity contribution >= 4 is 45.6 Å². The second-order valence-electron chi connectivity index (χ2n) is 8.57. The average molecular weight is 485 g/mol. The van der Waals surface area contributed by atoms with Crippen molar-refractivity contribution in [2.24, 2.45) is 18.7 Å². The topological polar surface area (TPSA) is 106 Å². The van der Waals surface area contributed by atoms with Gasteiger partial charge in [-0.1, -0.05) is 30.8 Å². The summed E-state index contributed by atoms with van der Waals surface area (Å²) in [4.78, 5) is 28.0. The molecule has 1 aliphatic carbocycles. The molecule has 0 fully saturated rings. The Kier molecular flexibility index (Phi) is 6.76. The van der Waals surface area contributed by atoms with Gasteiger partial charge in [-0.3, -0.25) is 9.59 Å². The number of carbonyl (C=O) groups excluding carboxylic acids is 2. The predicted molar refractivity (Wildman–Crippen MR) is 134 cm³/mol. The highest BCUT2D eigenvalue weighted by atomic mass is 32.2. The Labute approximate surface area is 201 Å². The van der Waals surface area contributed by atoms with Gasteiger partial charge in [-0.25, -0.2) is 0 Å². The fourth-order valence-corrected chi connectivity index (χ4v) is 6.15. The van der Waals surface area contributed by atoms with Gasteiger partial charge in [0.05, 0.1) is 11.3 Å². The zero-order valence-electron chi connectivity index (χ0n) is 19.2. The van der Waals surface area contributed by atoms with E-state index in [0.717, 1.165) is 46.8 Å². The molecule has 1 aliphatic rings. The van der Waals surface area contributed by atoms with Crippen molar-refractivity contribution in [1.29, 1.82) is 0 Å². The first-order valence-electron chi connectivity index (χ1n) is 10.8. The monoisotopic (exact) mass is 484 g/mol. The van der Waals surface area contributed by atoms with E-state index in [1.807, 2.05) is 48.8 Å². The Balaban J connectivity index is 1.45. The minimum absolute atomic E-state index is 0.154. The number of hydrogen-bond donors (Lipinski definition) is 2. The van der Waals surface area contributed by atoms with Crippen molar-refractivity contribution in [2.75, 3.05) is 30.1 Å². The third-order valence-electron chi connectivity index (χ3n) is 5.80. The molecule has 33 heavy (non-hydrogen) atoms. The molecule has 2 amide bonds. The lowest BCUT2D eigenvalue weighted by atomic mass is 9.88. The number of nitrogens with one attached hydrogen (secondary N) is 1. The molecule has 3 N–H and O–H groups in total. The van der Waals surface area contributed by atoms with Crippen LogP contribution in [-0.2, 0) is 24.7 Å².